The Hall–Kier alpha value is -1.69. The van der Waals surface area contributed by atoms with E-state index in [1.807, 2.05) is 0 Å². The van der Waals surface area contributed by atoms with E-state index in [4.69, 9.17) is 16.2 Å². The predicted octanol–water partition coefficient (Wildman–Crippen LogP) is 1.32. The molecule has 18 heavy (non-hydrogen) atoms. The van der Waals surface area contributed by atoms with E-state index in [-0.39, 0.29) is 12.2 Å². The summed E-state index contributed by atoms with van der Waals surface area (Å²) in [6.07, 6.45) is -0.411. The Morgan fingerprint density at radius 1 is 1.50 bits per heavy atom. The van der Waals surface area contributed by atoms with Gasteiger partial charge in [-0.15, -0.1) is 0 Å². The van der Waals surface area contributed by atoms with Crippen molar-refractivity contribution in [1.29, 1.82) is 0 Å². The molecule has 0 heterocycles. The van der Waals surface area contributed by atoms with E-state index in [2.05, 4.69) is 0 Å². The number of ether oxygens (including phenoxy) is 1. The highest BCUT2D eigenvalue weighted by Gasteiger charge is 2.29. The number of nitrogens with two attached hydrogens (primary N) is 2. The Bertz CT molecular complexity index is 450. The lowest BCUT2D eigenvalue weighted by Crippen LogP contribution is -2.51. The lowest BCUT2D eigenvalue weighted by Gasteiger charge is -2.25. The molecule has 6 heteroatoms. The van der Waals surface area contributed by atoms with Gasteiger partial charge in [0.15, 0.2) is 11.6 Å². The summed E-state index contributed by atoms with van der Waals surface area (Å²) in [4.78, 5) is 11.0. The monoisotopic (exact) mass is 258 g/mol. The minimum Gasteiger partial charge on any atom is -0.488 e. The fourth-order valence-corrected chi connectivity index (χ4v) is 1.53. The molecule has 0 saturated heterocycles. The van der Waals surface area contributed by atoms with Gasteiger partial charge in [-0.3, -0.25) is 4.79 Å². The van der Waals surface area contributed by atoms with Gasteiger partial charge in [-0.1, -0.05) is 0 Å². The molecule has 0 aliphatic carbocycles. The second-order valence-corrected chi connectivity index (χ2v) is 4.49. The number of carbonyl (C=O) groups excluding carboxylic acids is 1. The van der Waals surface area contributed by atoms with Crippen molar-refractivity contribution in [2.75, 3.05) is 0 Å². The lowest BCUT2D eigenvalue weighted by molar-refractivity contribution is -0.123. The van der Waals surface area contributed by atoms with Gasteiger partial charge in [0.1, 0.15) is 5.82 Å². The quantitative estimate of drug-likeness (QED) is 0.836. The fraction of sp³-hybridized carbons (Fsp3) is 0.417. The summed E-state index contributed by atoms with van der Waals surface area (Å²) in [6, 6.07) is 2.98. The van der Waals surface area contributed by atoms with Crippen molar-refractivity contribution < 1.29 is 18.3 Å². The average molecular weight is 258 g/mol. The number of amides is 1. The first-order valence-corrected chi connectivity index (χ1v) is 5.43. The standard InChI is InChI=1S/C12H16F2N2O2/c1-7(6-12(2,16)11(15)17)18-10-4-3-8(13)5-9(10)14/h3-5,7H,6,16H2,1-2H3,(H2,15,17). The molecule has 0 fully saturated rings. The van der Waals surface area contributed by atoms with Crippen LogP contribution >= 0.6 is 0 Å². The smallest absolute Gasteiger partial charge is 0.237 e. The van der Waals surface area contributed by atoms with E-state index in [1.165, 1.54) is 13.0 Å². The third kappa shape index (κ3) is 3.66. The molecule has 0 aliphatic rings. The lowest BCUT2D eigenvalue weighted by atomic mass is 9.95. The summed E-state index contributed by atoms with van der Waals surface area (Å²) < 4.78 is 31.3. The molecule has 1 aromatic rings. The van der Waals surface area contributed by atoms with Crippen molar-refractivity contribution >= 4 is 5.91 Å². The second-order valence-electron chi connectivity index (χ2n) is 4.49. The SMILES string of the molecule is CC(CC(C)(N)C(N)=O)Oc1ccc(F)cc1F. The van der Waals surface area contributed by atoms with Gasteiger partial charge in [-0.2, -0.15) is 0 Å². The molecular weight excluding hydrogens is 242 g/mol. The first kappa shape index (κ1) is 14.4. The molecule has 4 nitrogen and oxygen atoms in total. The van der Waals surface area contributed by atoms with Crippen molar-refractivity contribution in [2.24, 2.45) is 11.5 Å². The highest BCUT2D eigenvalue weighted by molar-refractivity contribution is 5.83. The van der Waals surface area contributed by atoms with Crippen molar-refractivity contribution in [1.82, 2.24) is 0 Å². The van der Waals surface area contributed by atoms with Crippen LogP contribution in [0, 0.1) is 11.6 Å². The maximum atomic E-state index is 13.3. The topological polar surface area (TPSA) is 78.3 Å². The Balaban J connectivity index is 2.70. The van der Waals surface area contributed by atoms with Crippen LogP contribution in [0.5, 0.6) is 5.75 Å². The molecule has 2 unspecified atom stereocenters. The minimum atomic E-state index is -1.24. The number of carbonyl (C=O) groups is 1. The number of primary amides is 1. The van der Waals surface area contributed by atoms with Crippen LogP contribution in [0.4, 0.5) is 8.78 Å². The average Bonchev–Trinajstić information content (AvgIpc) is 2.21. The van der Waals surface area contributed by atoms with Crippen molar-refractivity contribution in [2.45, 2.75) is 31.9 Å². The van der Waals surface area contributed by atoms with Crippen LogP contribution in [0.25, 0.3) is 0 Å². The zero-order valence-electron chi connectivity index (χ0n) is 10.2. The maximum absolute atomic E-state index is 13.3. The summed E-state index contributed by atoms with van der Waals surface area (Å²) in [5, 5.41) is 0. The number of hydrogen-bond donors (Lipinski definition) is 2. The molecule has 1 amide bonds. The molecule has 1 aromatic carbocycles. The summed E-state index contributed by atoms with van der Waals surface area (Å²) in [5.74, 6) is -2.25. The summed E-state index contributed by atoms with van der Waals surface area (Å²) in [6.45, 7) is 3.09. The summed E-state index contributed by atoms with van der Waals surface area (Å²) in [7, 11) is 0. The normalized spacial score (nSPS) is 15.8. The summed E-state index contributed by atoms with van der Waals surface area (Å²) in [5.41, 5.74) is 9.55. The molecule has 0 spiro atoms. The van der Waals surface area contributed by atoms with Crippen molar-refractivity contribution in [3.05, 3.63) is 29.8 Å². The third-order valence-electron chi connectivity index (χ3n) is 2.50. The van der Waals surface area contributed by atoms with Gasteiger partial charge in [0, 0.05) is 12.5 Å². The number of rotatable bonds is 5. The molecule has 0 saturated carbocycles. The van der Waals surface area contributed by atoms with Crippen LogP contribution in [-0.4, -0.2) is 17.6 Å². The van der Waals surface area contributed by atoms with E-state index in [9.17, 15) is 13.6 Å². The fourth-order valence-electron chi connectivity index (χ4n) is 1.53. The molecule has 100 valence electrons. The van der Waals surface area contributed by atoms with E-state index in [1.54, 1.807) is 6.92 Å². The third-order valence-corrected chi connectivity index (χ3v) is 2.50. The Kier molecular flexibility index (Phi) is 4.24. The first-order valence-electron chi connectivity index (χ1n) is 5.43. The van der Waals surface area contributed by atoms with Gasteiger partial charge in [0.05, 0.1) is 11.6 Å². The summed E-state index contributed by atoms with van der Waals surface area (Å²) >= 11 is 0. The number of hydrogen-bond acceptors (Lipinski definition) is 3. The first-order chi connectivity index (χ1) is 8.22. The largest absolute Gasteiger partial charge is 0.488 e. The molecule has 0 aromatic heterocycles. The van der Waals surface area contributed by atoms with Gasteiger partial charge >= 0.3 is 0 Å². The van der Waals surface area contributed by atoms with Crippen LogP contribution in [-0.2, 0) is 4.79 Å². The van der Waals surface area contributed by atoms with E-state index in [0.717, 1.165) is 12.1 Å². The maximum Gasteiger partial charge on any atom is 0.237 e. The zero-order valence-corrected chi connectivity index (χ0v) is 10.2. The van der Waals surface area contributed by atoms with Crippen molar-refractivity contribution in [3.8, 4) is 5.75 Å². The molecule has 1 rings (SSSR count). The van der Waals surface area contributed by atoms with E-state index < -0.39 is 29.2 Å². The highest BCUT2D eigenvalue weighted by atomic mass is 19.1. The van der Waals surface area contributed by atoms with E-state index >= 15 is 0 Å². The van der Waals surface area contributed by atoms with Crippen LogP contribution < -0.4 is 16.2 Å². The van der Waals surface area contributed by atoms with Gasteiger partial charge in [-0.05, 0) is 26.0 Å². The van der Waals surface area contributed by atoms with E-state index in [0.29, 0.717) is 0 Å². The van der Waals surface area contributed by atoms with Gasteiger partial charge in [0.25, 0.3) is 0 Å². The van der Waals surface area contributed by atoms with Gasteiger partial charge in [-0.25, -0.2) is 8.78 Å². The zero-order chi connectivity index (χ0) is 13.9. The number of benzene rings is 1. The van der Waals surface area contributed by atoms with Gasteiger partial charge < -0.3 is 16.2 Å². The Morgan fingerprint density at radius 2 is 2.11 bits per heavy atom. The van der Waals surface area contributed by atoms with Crippen LogP contribution in [0.3, 0.4) is 0 Å². The second kappa shape index (κ2) is 5.30. The number of halogens is 2. The van der Waals surface area contributed by atoms with Crippen LogP contribution in [0.1, 0.15) is 20.3 Å². The predicted molar refractivity (Wildman–Crippen MR) is 62.9 cm³/mol. The molecular formula is C12H16F2N2O2. The van der Waals surface area contributed by atoms with Gasteiger partial charge in [0.2, 0.25) is 5.91 Å². The Labute approximate surface area is 104 Å². The van der Waals surface area contributed by atoms with Crippen LogP contribution in [0.2, 0.25) is 0 Å². The van der Waals surface area contributed by atoms with Crippen molar-refractivity contribution in [3.63, 3.8) is 0 Å². The highest BCUT2D eigenvalue weighted by Crippen LogP contribution is 2.21. The molecule has 0 radical (unpaired) electrons. The molecule has 0 aliphatic heterocycles. The Morgan fingerprint density at radius 3 is 2.61 bits per heavy atom. The molecule has 0 bridgehead atoms. The minimum absolute atomic E-state index is 0.0934. The molecule has 4 N–H and O–H groups in total. The molecule has 2 atom stereocenters. The van der Waals surface area contributed by atoms with Crippen LogP contribution in [0.15, 0.2) is 18.2 Å².